The lowest BCUT2D eigenvalue weighted by molar-refractivity contribution is 0.318. The van der Waals surface area contributed by atoms with E-state index in [2.05, 4.69) is 17.1 Å². The fourth-order valence-electron chi connectivity index (χ4n) is 0.859. The Kier molecular flexibility index (Phi) is 3.57. The van der Waals surface area contributed by atoms with Gasteiger partial charge in [0.2, 0.25) is 0 Å². The SMILES string of the molecule is CCSc1ccnc(C(N)=NO)c1. The van der Waals surface area contributed by atoms with Crippen molar-refractivity contribution in [2.24, 2.45) is 10.9 Å². The second kappa shape index (κ2) is 4.71. The molecule has 0 aliphatic heterocycles. The summed E-state index contributed by atoms with van der Waals surface area (Å²) >= 11 is 1.69. The summed E-state index contributed by atoms with van der Waals surface area (Å²) in [6.07, 6.45) is 1.64. The van der Waals surface area contributed by atoms with Gasteiger partial charge in [-0.15, -0.1) is 11.8 Å². The second-order valence-electron chi connectivity index (χ2n) is 2.30. The highest BCUT2D eigenvalue weighted by Gasteiger charge is 2.01. The summed E-state index contributed by atoms with van der Waals surface area (Å²) in [5.74, 6) is 1.03. The Labute approximate surface area is 80.9 Å². The predicted octanol–water partition coefficient (Wildman–Crippen LogP) is 1.29. The van der Waals surface area contributed by atoms with Crippen LogP contribution in [0.3, 0.4) is 0 Å². The lowest BCUT2D eigenvalue weighted by Gasteiger charge is -2.00. The van der Waals surface area contributed by atoms with Crippen LogP contribution >= 0.6 is 11.8 Å². The van der Waals surface area contributed by atoms with Crippen molar-refractivity contribution in [1.29, 1.82) is 0 Å². The molecule has 0 amide bonds. The second-order valence-corrected chi connectivity index (χ2v) is 3.63. The molecule has 3 N–H and O–H groups in total. The van der Waals surface area contributed by atoms with E-state index in [0.29, 0.717) is 5.69 Å². The number of pyridine rings is 1. The van der Waals surface area contributed by atoms with Gasteiger partial charge in [-0.3, -0.25) is 4.98 Å². The summed E-state index contributed by atoms with van der Waals surface area (Å²) < 4.78 is 0. The highest BCUT2D eigenvalue weighted by Crippen LogP contribution is 2.16. The molecule has 70 valence electrons. The largest absolute Gasteiger partial charge is 0.409 e. The van der Waals surface area contributed by atoms with E-state index in [4.69, 9.17) is 10.9 Å². The van der Waals surface area contributed by atoms with Gasteiger partial charge in [-0.1, -0.05) is 12.1 Å². The van der Waals surface area contributed by atoms with Crippen molar-refractivity contribution in [2.75, 3.05) is 5.75 Å². The first-order chi connectivity index (χ1) is 6.27. The van der Waals surface area contributed by atoms with Crippen LogP contribution in [-0.2, 0) is 0 Å². The Morgan fingerprint density at radius 1 is 1.77 bits per heavy atom. The molecule has 0 atom stereocenters. The Morgan fingerprint density at radius 2 is 2.54 bits per heavy atom. The van der Waals surface area contributed by atoms with Crippen LogP contribution in [0.25, 0.3) is 0 Å². The molecule has 0 bridgehead atoms. The Morgan fingerprint density at radius 3 is 3.15 bits per heavy atom. The molecule has 0 aromatic carbocycles. The van der Waals surface area contributed by atoms with Crippen molar-refractivity contribution in [1.82, 2.24) is 4.98 Å². The zero-order valence-electron chi connectivity index (χ0n) is 7.27. The number of thioether (sulfide) groups is 1. The molecular formula is C8H11N3OS. The molecule has 0 saturated carbocycles. The molecule has 1 heterocycles. The molecule has 0 aliphatic carbocycles. The van der Waals surface area contributed by atoms with Crippen LogP contribution < -0.4 is 5.73 Å². The van der Waals surface area contributed by atoms with Crippen LogP contribution in [0.15, 0.2) is 28.4 Å². The van der Waals surface area contributed by atoms with Gasteiger partial charge in [-0.2, -0.15) is 0 Å². The van der Waals surface area contributed by atoms with Crippen molar-refractivity contribution in [3.8, 4) is 0 Å². The predicted molar refractivity (Wildman–Crippen MR) is 53.1 cm³/mol. The number of aromatic nitrogens is 1. The first-order valence-corrected chi connectivity index (χ1v) is 4.83. The Bertz CT molecular complexity index is 314. The lowest BCUT2D eigenvalue weighted by Crippen LogP contribution is -2.14. The molecule has 1 aromatic heterocycles. The van der Waals surface area contributed by atoms with Gasteiger partial charge in [0.25, 0.3) is 0 Å². The van der Waals surface area contributed by atoms with Gasteiger partial charge in [-0.05, 0) is 17.9 Å². The zero-order chi connectivity index (χ0) is 9.68. The van der Waals surface area contributed by atoms with Gasteiger partial charge >= 0.3 is 0 Å². The molecule has 0 saturated heterocycles. The van der Waals surface area contributed by atoms with Gasteiger partial charge in [0, 0.05) is 11.1 Å². The zero-order valence-corrected chi connectivity index (χ0v) is 8.08. The van der Waals surface area contributed by atoms with Crippen LogP contribution in [0.4, 0.5) is 0 Å². The average molecular weight is 197 g/mol. The number of nitrogens with two attached hydrogens (primary N) is 1. The van der Waals surface area contributed by atoms with Crippen LogP contribution in [0.2, 0.25) is 0 Å². The summed E-state index contributed by atoms with van der Waals surface area (Å²) in [4.78, 5) is 5.03. The molecule has 1 aromatic rings. The van der Waals surface area contributed by atoms with Crippen LogP contribution in [0.5, 0.6) is 0 Å². The van der Waals surface area contributed by atoms with E-state index in [1.807, 2.05) is 6.07 Å². The maximum Gasteiger partial charge on any atom is 0.188 e. The third-order valence-corrected chi connectivity index (χ3v) is 2.29. The highest BCUT2D eigenvalue weighted by molar-refractivity contribution is 7.99. The summed E-state index contributed by atoms with van der Waals surface area (Å²) in [5.41, 5.74) is 5.89. The third-order valence-electron chi connectivity index (χ3n) is 1.41. The molecule has 5 heteroatoms. The molecule has 4 nitrogen and oxygen atoms in total. The highest BCUT2D eigenvalue weighted by atomic mass is 32.2. The van der Waals surface area contributed by atoms with Crippen molar-refractivity contribution < 1.29 is 5.21 Å². The van der Waals surface area contributed by atoms with Crippen LogP contribution in [0.1, 0.15) is 12.6 Å². The minimum absolute atomic E-state index is 0.0403. The minimum atomic E-state index is 0.0403. The lowest BCUT2D eigenvalue weighted by atomic mass is 10.3. The van der Waals surface area contributed by atoms with Crippen molar-refractivity contribution in [3.63, 3.8) is 0 Å². The topological polar surface area (TPSA) is 71.5 Å². The van der Waals surface area contributed by atoms with Crippen LogP contribution in [-0.4, -0.2) is 21.8 Å². The van der Waals surface area contributed by atoms with Crippen LogP contribution in [0, 0.1) is 0 Å². The van der Waals surface area contributed by atoms with Gasteiger partial charge in [0.05, 0.1) is 0 Å². The molecule has 0 fully saturated rings. The van der Waals surface area contributed by atoms with E-state index >= 15 is 0 Å². The molecule has 0 spiro atoms. The summed E-state index contributed by atoms with van der Waals surface area (Å²) in [5, 5.41) is 11.3. The molecule has 0 aliphatic rings. The van der Waals surface area contributed by atoms with E-state index in [9.17, 15) is 0 Å². The molecule has 0 unspecified atom stereocenters. The van der Waals surface area contributed by atoms with Gasteiger partial charge in [0.15, 0.2) is 5.84 Å². The van der Waals surface area contributed by atoms with Crippen molar-refractivity contribution in [2.45, 2.75) is 11.8 Å². The number of oxime groups is 1. The Hall–Kier alpha value is -1.23. The average Bonchev–Trinajstić information content (AvgIpc) is 2.18. The fourth-order valence-corrected chi connectivity index (χ4v) is 1.54. The number of nitrogens with zero attached hydrogens (tertiary/aromatic N) is 2. The molecule has 1 rings (SSSR count). The maximum atomic E-state index is 8.43. The van der Waals surface area contributed by atoms with Crippen molar-refractivity contribution >= 4 is 17.6 Å². The Balaban J connectivity index is 2.91. The first kappa shape index (κ1) is 9.85. The number of amidine groups is 1. The molecular weight excluding hydrogens is 186 g/mol. The standard InChI is InChI=1S/C8H11N3OS/c1-2-13-6-3-4-10-7(5-6)8(9)11-12/h3-5,12H,2H2,1H3,(H2,9,11). The van der Waals surface area contributed by atoms with Gasteiger partial charge in [-0.25, -0.2) is 0 Å². The fraction of sp³-hybridized carbons (Fsp3) is 0.250. The third kappa shape index (κ3) is 2.62. The summed E-state index contributed by atoms with van der Waals surface area (Å²) in [7, 11) is 0. The number of hydrogen-bond donors (Lipinski definition) is 2. The number of hydrogen-bond acceptors (Lipinski definition) is 4. The quantitative estimate of drug-likeness (QED) is 0.252. The smallest absolute Gasteiger partial charge is 0.188 e. The van der Waals surface area contributed by atoms with E-state index < -0.39 is 0 Å². The maximum absolute atomic E-state index is 8.43. The van der Waals surface area contributed by atoms with E-state index in [-0.39, 0.29) is 5.84 Å². The monoisotopic (exact) mass is 197 g/mol. The van der Waals surface area contributed by atoms with Gasteiger partial charge < -0.3 is 10.9 Å². The molecule has 0 radical (unpaired) electrons. The van der Waals surface area contributed by atoms with E-state index in [0.717, 1.165) is 10.6 Å². The number of rotatable bonds is 3. The van der Waals surface area contributed by atoms with Crippen molar-refractivity contribution in [3.05, 3.63) is 24.0 Å². The first-order valence-electron chi connectivity index (χ1n) is 3.84. The van der Waals surface area contributed by atoms with E-state index in [1.54, 1.807) is 24.0 Å². The minimum Gasteiger partial charge on any atom is -0.409 e. The molecule has 13 heavy (non-hydrogen) atoms. The van der Waals surface area contributed by atoms with Gasteiger partial charge in [0.1, 0.15) is 5.69 Å². The summed E-state index contributed by atoms with van der Waals surface area (Å²) in [6.45, 7) is 2.06. The normalized spacial score (nSPS) is 11.6. The van der Waals surface area contributed by atoms with E-state index in [1.165, 1.54) is 0 Å². The summed E-state index contributed by atoms with van der Waals surface area (Å²) in [6, 6.07) is 3.69.